The van der Waals surface area contributed by atoms with Gasteiger partial charge >= 0.3 is 0 Å². The zero-order valence-electron chi connectivity index (χ0n) is 14.4. The molecule has 4 nitrogen and oxygen atoms in total. The molecule has 2 aromatic rings. The molecule has 0 bridgehead atoms. The highest BCUT2D eigenvalue weighted by Gasteiger charge is 2.34. The lowest BCUT2D eigenvalue weighted by Crippen LogP contribution is -2.44. The van der Waals surface area contributed by atoms with Gasteiger partial charge < -0.3 is 15.2 Å². The number of aliphatic hydroxyl groups excluding tert-OH is 1. The topological polar surface area (TPSA) is 58.6 Å². The van der Waals surface area contributed by atoms with Crippen molar-refractivity contribution in [1.29, 1.82) is 0 Å². The number of nitrogens with one attached hydrogen (secondary N) is 1. The smallest absolute Gasteiger partial charge is 0.222 e. The van der Waals surface area contributed by atoms with Gasteiger partial charge in [0.25, 0.3) is 0 Å². The fraction of sp³-hybridized carbons (Fsp3) is 0.381. The lowest BCUT2D eigenvalue weighted by molar-refractivity contribution is -0.123. The van der Waals surface area contributed by atoms with Crippen LogP contribution in [0.3, 0.4) is 0 Å². The van der Waals surface area contributed by atoms with Gasteiger partial charge in [-0.05, 0) is 24.0 Å². The van der Waals surface area contributed by atoms with Crippen LogP contribution in [-0.4, -0.2) is 30.8 Å². The SMILES string of the molecule is O=C(CC(O)c1ccccc1)NCC1(c2ccccc2)CCOCC1. The molecule has 1 amide bonds. The Labute approximate surface area is 148 Å². The monoisotopic (exact) mass is 339 g/mol. The molecule has 132 valence electrons. The third-order valence-corrected chi connectivity index (χ3v) is 5.02. The summed E-state index contributed by atoms with van der Waals surface area (Å²) in [6.45, 7) is 1.98. The lowest BCUT2D eigenvalue weighted by atomic mass is 9.74. The van der Waals surface area contributed by atoms with Crippen molar-refractivity contribution in [2.45, 2.75) is 30.8 Å². The maximum absolute atomic E-state index is 12.3. The first-order chi connectivity index (χ1) is 12.2. The minimum Gasteiger partial charge on any atom is -0.388 e. The van der Waals surface area contributed by atoms with Gasteiger partial charge in [0.15, 0.2) is 0 Å². The van der Waals surface area contributed by atoms with Crippen molar-refractivity contribution in [3.63, 3.8) is 0 Å². The van der Waals surface area contributed by atoms with Gasteiger partial charge in [-0.25, -0.2) is 0 Å². The summed E-state index contributed by atoms with van der Waals surface area (Å²) in [5.41, 5.74) is 1.91. The van der Waals surface area contributed by atoms with Gasteiger partial charge in [0.05, 0.1) is 12.5 Å². The second-order valence-electron chi connectivity index (χ2n) is 6.67. The molecule has 0 aromatic heterocycles. The lowest BCUT2D eigenvalue weighted by Gasteiger charge is -2.38. The first-order valence-corrected chi connectivity index (χ1v) is 8.83. The first kappa shape index (κ1) is 17.6. The van der Waals surface area contributed by atoms with Gasteiger partial charge in [0, 0.05) is 25.2 Å². The zero-order chi connectivity index (χ0) is 17.5. The minimum absolute atomic E-state index is 0.0748. The van der Waals surface area contributed by atoms with Crippen LogP contribution in [-0.2, 0) is 14.9 Å². The quantitative estimate of drug-likeness (QED) is 0.851. The number of hydrogen-bond donors (Lipinski definition) is 2. The molecular weight excluding hydrogens is 314 g/mol. The molecule has 0 aliphatic carbocycles. The highest BCUT2D eigenvalue weighted by Crippen LogP contribution is 2.34. The normalized spacial score (nSPS) is 17.6. The molecule has 4 heteroatoms. The van der Waals surface area contributed by atoms with E-state index in [-0.39, 0.29) is 17.7 Å². The largest absolute Gasteiger partial charge is 0.388 e. The van der Waals surface area contributed by atoms with E-state index in [0.29, 0.717) is 19.8 Å². The Morgan fingerprint density at radius 1 is 1.04 bits per heavy atom. The molecule has 1 atom stereocenters. The number of benzene rings is 2. The van der Waals surface area contributed by atoms with Gasteiger partial charge in [-0.3, -0.25) is 4.79 Å². The minimum atomic E-state index is -0.774. The van der Waals surface area contributed by atoms with Crippen LogP contribution < -0.4 is 5.32 Å². The third kappa shape index (κ3) is 4.47. The van der Waals surface area contributed by atoms with Crippen LogP contribution >= 0.6 is 0 Å². The molecule has 0 radical (unpaired) electrons. The zero-order valence-corrected chi connectivity index (χ0v) is 14.4. The molecule has 1 saturated heterocycles. The van der Waals surface area contributed by atoms with E-state index in [9.17, 15) is 9.90 Å². The van der Waals surface area contributed by atoms with Crippen molar-refractivity contribution in [1.82, 2.24) is 5.32 Å². The molecule has 0 spiro atoms. The molecule has 1 unspecified atom stereocenters. The Morgan fingerprint density at radius 3 is 2.28 bits per heavy atom. The predicted octanol–water partition coefficient (Wildman–Crippen LogP) is 2.97. The van der Waals surface area contributed by atoms with Crippen LogP contribution in [0.1, 0.15) is 36.5 Å². The Kier molecular flexibility index (Phi) is 5.84. The van der Waals surface area contributed by atoms with Crippen LogP contribution in [0.4, 0.5) is 0 Å². The fourth-order valence-electron chi connectivity index (χ4n) is 3.43. The molecule has 2 aromatic carbocycles. The molecular formula is C21H25NO3. The summed E-state index contributed by atoms with van der Waals surface area (Å²) in [5.74, 6) is -0.127. The molecule has 1 fully saturated rings. The Bertz CT molecular complexity index is 666. The second-order valence-corrected chi connectivity index (χ2v) is 6.67. The number of carbonyl (C=O) groups is 1. The maximum Gasteiger partial charge on any atom is 0.222 e. The van der Waals surface area contributed by atoms with Crippen LogP contribution in [0.2, 0.25) is 0 Å². The van der Waals surface area contributed by atoms with Crippen molar-refractivity contribution in [3.8, 4) is 0 Å². The van der Waals surface area contributed by atoms with E-state index in [2.05, 4.69) is 17.4 Å². The van der Waals surface area contributed by atoms with Gasteiger partial charge in [-0.15, -0.1) is 0 Å². The highest BCUT2D eigenvalue weighted by molar-refractivity contribution is 5.76. The van der Waals surface area contributed by atoms with Crippen molar-refractivity contribution in [2.24, 2.45) is 0 Å². The summed E-state index contributed by atoms with van der Waals surface area (Å²) in [4.78, 5) is 12.3. The van der Waals surface area contributed by atoms with E-state index in [1.807, 2.05) is 48.5 Å². The average Bonchev–Trinajstić information content (AvgIpc) is 2.68. The second kappa shape index (κ2) is 8.28. The van der Waals surface area contributed by atoms with E-state index < -0.39 is 6.10 Å². The molecule has 1 aliphatic rings. The number of carbonyl (C=O) groups excluding carboxylic acids is 1. The number of rotatable bonds is 6. The Hall–Kier alpha value is -2.17. The van der Waals surface area contributed by atoms with Crippen molar-refractivity contribution in [2.75, 3.05) is 19.8 Å². The first-order valence-electron chi connectivity index (χ1n) is 8.83. The summed E-state index contributed by atoms with van der Waals surface area (Å²) in [5, 5.41) is 13.3. The molecule has 3 rings (SSSR count). The van der Waals surface area contributed by atoms with Crippen LogP contribution in [0.25, 0.3) is 0 Å². The van der Waals surface area contributed by atoms with E-state index in [1.165, 1.54) is 5.56 Å². The summed E-state index contributed by atoms with van der Waals surface area (Å²) in [7, 11) is 0. The average molecular weight is 339 g/mol. The summed E-state index contributed by atoms with van der Waals surface area (Å²) in [6.07, 6.45) is 1.08. The van der Waals surface area contributed by atoms with Gasteiger partial charge in [0.1, 0.15) is 0 Å². The van der Waals surface area contributed by atoms with Crippen molar-refractivity contribution < 1.29 is 14.6 Å². The Balaban J connectivity index is 1.62. The summed E-state index contributed by atoms with van der Waals surface area (Å²) in [6, 6.07) is 19.6. The highest BCUT2D eigenvalue weighted by atomic mass is 16.5. The number of ether oxygens (including phenoxy) is 1. The van der Waals surface area contributed by atoms with E-state index in [1.54, 1.807) is 0 Å². The maximum atomic E-state index is 12.3. The standard InChI is InChI=1S/C21H25NO3/c23-19(17-7-3-1-4-8-17)15-20(24)22-16-21(11-13-25-14-12-21)18-9-5-2-6-10-18/h1-10,19,23H,11-16H2,(H,22,24). The Morgan fingerprint density at radius 2 is 1.64 bits per heavy atom. The predicted molar refractivity (Wildman–Crippen MR) is 97.2 cm³/mol. The molecule has 25 heavy (non-hydrogen) atoms. The van der Waals surface area contributed by atoms with Gasteiger partial charge in [-0.1, -0.05) is 60.7 Å². The molecule has 1 heterocycles. The summed E-state index contributed by atoms with van der Waals surface area (Å²) >= 11 is 0. The van der Waals surface area contributed by atoms with Crippen LogP contribution in [0.5, 0.6) is 0 Å². The molecule has 2 N–H and O–H groups in total. The van der Waals surface area contributed by atoms with E-state index >= 15 is 0 Å². The number of aliphatic hydroxyl groups is 1. The number of hydrogen-bond acceptors (Lipinski definition) is 3. The molecule has 0 saturated carbocycles. The van der Waals surface area contributed by atoms with E-state index in [4.69, 9.17) is 4.74 Å². The van der Waals surface area contributed by atoms with Crippen LogP contribution in [0, 0.1) is 0 Å². The van der Waals surface area contributed by atoms with Crippen LogP contribution in [0.15, 0.2) is 60.7 Å². The number of amides is 1. The fourth-order valence-corrected chi connectivity index (χ4v) is 3.43. The third-order valence-electron chi connectivity index (χ3n) is 5.02. The van der Waals surface area contributed by atoms with Gasteiger partial charge in [-0.2, -0.15) is 0 Å². The van der Waals surface area contributed by atoms with E-state index in [0.717, 1.165) is 18.4 Å². The van der Waals surface area contributed by atoms with Gasteiger partial charge in [0.2, 0.25) is 5.91 Å². The molecule has 1 aliphatic heterocycles. The van der Waals surface area contributed by atoms with Crippen molar-refractivity contribution in [3.05, 3.63) is 71.8 Å². The van der Waals surface area contributed by atoms with Crippen molar-refractivity contribution >= 4 is 5.91 Å². The summed E-state index contributed by atoms with van der Waals surface area (Å²) < 4.78 is 5.52.